The summed E-state index contributed by atoms with van der Waals surface area (Å²) < 4.78 is 0. The van der Waals surface area contributed by atoms with Gasteiger partial charge < -0.3 is 16.2 Å². The van der Waals surface area contributed by atoms with Crippen molar-refractivity contribution in [3.8, 4) is 0 Å². The molecular weight excluding hydrogens is 232 g/mol. The summed E-state index contributed by atoms with van der Waals surface area (Å²) in [6.07, 6.45) is 6.74. The Labute approximate surface area is 107 Å². The molecule has 2 aliphatic carbocycles. The van der Waals surface area contributed by atoms with E-state index in [9.17, 15) is 14.7 Å². The van der Waals surface area contributed by atoms with Gasteiger partial charge >= 0.3 is 5.97 Å². The standard InChI is InChI=1S/C13H22N2O3/c14-13(7-2-1-3-8-13)10(16)15-9-12(11(17)18)5-4-6-12/h1-9,14H2,(H,15,16)(H,17,18). The van der Waals surface area contributed by atoms with Crippen molar-refractivity contribution in [2.45, 2.75) is 56.9 Å². The first kappa shape index (κ1) is 13.3. The van der Waals surface area contributed by atoms with Gasteiger partial charge in [-0.3, -0.25) is 9.59 Å². The predicted molar refractivity (Wildman–Crippen MR) is 66.9 cm³/mol. The van der Waals surface area contributed by atoms with E-state index in [1.54, 1.807) is 0 Å². The quantitative estimate of drug-likeness (QED) is 0.698. The molecule has 5 nitrogen and oxygen atoms in total. The van der Waals surface area contributed by atoms with E-state index in [1.807, 2.05) is 0 Å². The highest BCUT2D eigenvalue weighted by Gasteiger charge is 2.45. The molecule has 0 unspecified atom stereocenters. The molecule has 4 N–H and O–H groups in total. The second kappa shape index (κ2) is 4.88. The molecule has 0 spiro atoms. The first-order valence-corrected chi connectivity index (χ1v) is 6.79. The minimum Gasteiger partial charge on any atom is -0.481 e. The lowest BCUT2D eigenvalue weighted by Crippen LogP contribution is -2.58. The number of rotatable bonds is 4. The fourth-order valence-corrected chi connectivity index (χ4v) is 2.91. The first-order chi connectivity index (χ1) is 8.49. The summed E-state index contributed by atoms with van der Waals surface area (Å²) >= 11 is 0. The first-order valence-electron chi connectivity index (χ1n) is 6.79. The van der Waals surface area contributed by atoms with Crippen molar-refractivity contribution in [2.24, 2.45) is 11.1 Å². The van der Waals surface area contributed by atoms with Crippen molar-refractivity contribution >= 4 is 11.9 Å². The molecule has 102 valence electrons. The molecule has 0 heterocycles. The molecule has 2 fully saturated rings. The Morgan fingerprint density at radius 1 is 1.06 bits per heavy atom. The van der Waals surface area contributed by atoms with E-state index in [0.717, 1.165) is 25.7 Å². The Bertz CT molecular complexity index is 344. The predicted octanol–water partition coefficient (Wildman–Crippen LogP) is 1.02. The average molecular weight is 254 g/mol. The van der Waals surface area contributed by atoms with Gasteiger partial charge in [-0.15, -0.1) is 0 Å². The smallest absolute Gasteiger partial charge is 0.311 e. The second-order valence-corrected chi connectivity index (χ2v) is 5.84. The second-order valence-electron chi connectivity index (χ2n) is 5.84. The van der Waals surface area contributed by atoms with Crippen LogP contribution in [-0.4, -0.2) is 29.1 Å². The minimum atomic E-state index is -0.802. The molecule has 18 heavy (non-hydrogen) atoms. The Morgan fingerprint density at radius 3 is 2.11 bits per heavy atom. The van der Waals surface area contributed by atoms with Gasteiger partial charge in [0.15, 0.2) is 0 Å². The maximum Gasteiger partial charge on any atom is 0.311 e. The van der Waals surface area contributed by atoms with Crippen LogP contribution in [0.2, 0.25) is 0 Å². The summed E-state index contributed by atoms with van der Waals surface area (Å²) in [6.45, 7) is 0.222. The highest BCUT2D eigenvalue weighted by atomic mass is 16.4. The zero-order chi connectivity index (χ0) is 13.2. The summed E-state index contributed by atoms with van der Waals surface area (Å²) in [5, 5.41) is 12.0. The van der Waals surface area contributed by atoms with Crippen LogP contribution in [-0.2, 0) is 9.59 Å². The van der Waals surface area contributed by atoms with Crippen molar-refractivity contribution in [3.05, 3.63) is 0 Å². The summed E-state index contributed by atoms with van der Waals surface area (Å²) in [6, 6.07) is 0. The largest absolute Gasteiger partial charge is 0.481 e. The van der Waals surface area contributed by atoms with Crippen molar-refractivity contribution in [2.75, 3.05) is 6.54 Å². The molecule has 0 saturated heterocycles. The number of carboxylic acids is 1. The topological polar surface area (TPSA) is 92.4 Å². The summed E-state index contributed by atoms with van der Waals surface area (Å²) in [4.78, 5) is 23.3. The Hall–Kier alpha value is -1.10. The fourth-order valence-electron chi connectivity index (χ4n) is 2.91. The normalized spacial score (nSPS) is 24.9. The summed E-state index contributed by atoms with van der Waals surface area (Å²) in [5.74, 6) is -0.974. The molecule has 2 saturated carbocycles. The molecule has 0 bridgehead atoms. The number of nitrogens with one attached hydrogen (secondary N) is 1. The van der Waals surface area contributed by atoms with Crippen LogP contribution >= 0.6 is 0 Å². The number of hydrogen-bond donors (Lipinski definition) is 3. The molecule has 1 amide bonds. The highest BCUT2D eigenvalue weighted by Crippen LogP contribution is 2.40. The average Bonchev–Trinajstić information content (AvgIpc) is 2.27. The van der Waals surface area contributed by atoms with Crippen LogP contribution in [0.3, 0.4) is 0 Å². The third kappa shape index (κ3) is 2.36. The van der Waals surface area contributed by atoms with Gasteiger partial charge in [0.2, 0.25) is 5.91 Å². The van der Waals surface area contributed by atoms with Gasteiger partial charge in [-0.25, -0.2) is 0 Å². The van der Waals surface area contributed by atoms with E-state index >= 15 is 0 Å². The third-order valence-corrected chi connectivity index (χ3v) is 4.55. The van der Waals surface area contributed by atoms with Gasteiger partial charge in [0, 0.05) is 6.54 Å². The van der Waals surface area contributed by atoms with Crippen LogP contribution < -0.4 is 11.1 Å². The van der Waals surface area contributed by atoms with Crippen LogP contribution in [0.15, 0.2) is 0 Å². The van der Waals surface area contributed by atoms with Crippen molar-refractivity contribution in [3.63, 3.8) is 0 Å². The van der Waals surface area contributed by atoms with E-state index in [0.29, 0.717) is 25.7 Å². The maximum atomic E-state index is 12.1. The van der Waals surface area contributed by atoms with Gasteiger partial charge in [0.25, 0.3) is 0 Å². The lowest BCUT2D eigenvalue weighted by Gasteiger charge is -2.39. The van der Waals surface area contributed by atoms with Crippen LogP contribution in [0.4, 0.5) is 0 Å². The zero-order valence-electron chi connectivity index (χ0n) is 10.7. The number of aliphatic carboxylic acids is 1. The van der Waals surface area contributed by atoms with Gasteiger partial charge in [-0.05, 0) is 25.7 Å². The molecular formula is C13H22N2O3. The highest BCUT2D eigenvalue weighted by molar-refractivity contribution is 5.87. The van der Waals surface area contributed by atoms with Crippen molar-refractivity contribution < 1.29 is 14.7 Å². The summed E-state index contributed by atoms with van der Waals surface area (Å²) in [7, 11) is 0. The van der Waals surface area contributed by atoms with Crippen LogP contribution in [0.5, 0.6) is 0 Å². The monoisotopic (exact) mass is 254 g/mol. The van der Waals surface area contributed by atoms with Gasteiger partial charge in [0.1, 0.15) is 0 Å². The van der Waals surface area contributed by atoms with E-state index in [2.05, 4.69) is 5.32 Å². The van der Waals surface area contributed by atoms with Crippen molar-refractivity contribution in [1.29, 1.82) is 0 Å². The van der Waals surface area contributed by atoms with E-state index in [-0.39, 0.29) is 12.5 Å². The molecule has 2 aliphatic rings. The number of hydrogen-bond acceptors (Lipinski definition) is 3. The maximum absolute atomic E-state index is 12.1. The number of carboxylic acid groups (broad SMARTS) is 1. The molecule has 0 aromatic carbocycles. The zero-order valence-corrected chi connectivity index (χ0v) is 10.7. The van der Waals surface area contributed by atoms with E-state index < -0.39 is 16.9 Å². The van der Waals surface area contributed by atoms with Gasteiger partial charge in [0.05, 0.1) is 11.0 Å². The van der Waals surface area contributed by atoms with Gasteiger partial charge in [-0.1, -0.05) is 25.7 Å². The lowest BCUT2D eigenvalue weighted by molar-refractivity contribution is -0.154. The number of nitrogens with two attached hydrogens (primary N) is 1. The molecule has 0 aromatic rings. The Morgan fingerprint density at radius 2 is 1.67 bits per heavy atom. The van der Waals surface area contributed by atoms with Crippen LogP contribution in [0.1, 0.15) is 51.4 Å². The molecule has 2 rings (SSSR count). The molecule has 0 aromatic heterocycles. The van der Waals surface area contributed by atoms with Crippen molar-refractivity contribution in [1.82, 2.24) is 5.32 Å². The molecule has 0 radical (unpaired) electrons. The Balaban J connectivity index is 1.89. The molecule has 5 heteroatoms. The number of carbonyl (C=O) groups excluding carboxylic acids is 1. The third-order valence-electron chi connectivity index (χ3n) is 4.55. The number of amides is 1. The lowest BCUT2D eigenvalue weighted by atomic mass is 9.68. The number of carbonyl (C=O) groups is 2. The SMILES string of the molecule is NC1(C(=O)NCC2(C(=O)O)CCC2)CCCCC1. The van der Waals surface area contributed by atoms with E-state index in [1.165, 1.54) is 0 Å². The minimum absolute atomic E-state index is 0.172. The van der Waals surface area contributed by atoms with Gasteiger partial charge in [-0.2, -0.15) is 0 Å². The fraction of sp³-hybridized carbons (Fsp3) is 0.846. The van der Waals surface area contributed by atoms with Crippen LogP contribution in [0, 0.1) is 5.41 Å². The molecule has 0 atom stereocenters. The van der Waals surface area contributed by atoms with Crippen LogP contribution in [0.25, 0.3) is 0 Å². The molecule has 0 aliphatic heterocycles. The summed E-state index contributed by atoms with van der Waals surface area (Å²) in [5.41, 5.74) is 4.60. The van der Waals surface area contributed by atoms with E-state index in [4.69, 9.17) is 5.73 Å². The Kier molecular flexibility index (Phi) is 3.61.